The third-order valence-corrected chi connectivity index (χ3v) is 6.87. The van der Waals surface area contributed by atoms with Crippen molar-refractivity contribution in [2.45, 2.75) is 31.8 Å². The Balaban J connectivity index is 1.29. The fraction of sp³-hybridized carbons (Fsp3) is 0.189. The van der Waals surface area contributed by atoms with Crippen LogP contribution < -0.4 is 0 Å². The molecule has 6 heteroatoms. The van der Waals surface area contributed by atoms with Crippen LogP contribution in [0.5, 0.6) is 0 Å². The Morgan fingerprint density at radius 3 is 1.26 bits per heavy atom. The lowest BCUT2D eigenvalue weighted by Crippen LogP contribution is -2.33. The number of carbonyl (C=O) groups is 2. The molecule has 1 fully saturated rings. The van der Waals surface area contributed by atoms with E-state index in [1.54, 1.807) is 26.0 Å². The Bertz CT molecular complexity index is 1440. The van der Waals surface area contributed by atoms with Crippen LogP contribution in [0.1, 0.15) is 36.1 Å². The molecule has 0 unspecified atom stereocenters. The van der Waals surface area contributed by atoms with Gasteiger partial charge in [0.15, 0.2) is 5.79 Å². The number of hydrogen-bond donors (Lipinski definition) is 0. The van der Waals surface area contributed by atoms with Crippen molar-refractivity contribution in [3.05, 3.63) is 144 Å². The second kappa shape index (κ2) is 13.9. The summed E-state index contributed by atoms with van der Waals surface area (Å²) in [5, 5.41) is 0. The van der Waals surface area contributed by atoms with Gasteiger partial charge in [0, 0.05) is 0 Å². The van der Waals surface area contributed by atoms with E-state index in [1.165, 1.54) is 0 Å². The summed E-state index contributed by atoms with van der Waals surface area (Å²) in [7, 11) is 0. The van der Waals surface area contributed by atoms with Gasteiger partial charge >= 0.3 is 11.9 Å². The van der Waals surface area contributed by atoms with E-state index in [0.29, 0.717) is 11.1 Å². The van der Waals surface area contributed by atoms with E-state index < -0.39 is 29.9 Å². The zero-order chi connectivity index (χ0) is 30.1. The quantitative estimate of drug-likeness (QED) is 0.115. The summed E-state index contributed by atoms with van der Waals surface area (Å²) in [5.74, 6) is -1.93. The van der Waals surface area contributed by atoms with Crippen LogP contribution in [-0.2, 0) is 28.5 Å². The van der Waals surface area contributed by atoms with Gasteiger partial charge in [-0.15, -0.1) is 0 Å². The first-order valence-corrected chi connectivity index (χ1v) is 14.2. The van der Waals surface area contributed by atoms with Crippen molar-refractivity contribution in [2.75, 3.05) is 13.2 Å². The van der Waals surface area contributed by atoms with Crippen molar-refractivity contribution in [1.29, 1.82) is 0 Å². The highest BCUT2D eigenvalue weighted by atomic mass is 16.8. The molecule has 0 radical (unpaired) electrons. The van der Waals surface area contributed by atoms with Gasteiger partial charge in [-0.1, -0.05) is 121 Å². The van der Waals surface area contributed by atoms with Gasteiger partial charge in [0.25, 0.3) is 0 Å². The van der Waals surface area contributed by atoms with Gasteiger partial charge in [0.1, 0.15) is 25.4 Å². The van der Waals surface area contributed by atoms with Crippen LogP contribution in [0.15, 0.2) is 121 Å². The fourth-order valence-corrected chi connectivity index (χ4v) is 4.85. The molecule has 4 aromatic carbocycles. The van der Waals surface area contributed by atoms with E-state index in [1.807, 2.05) is 121 Å². The molecular formula is C37H34O6. The average Bonchev–Trinajstić information content (AvgIpc) is 3.35. The molecule has 6 nitrogen and oxygen atoms in total. The normalized spacial score (nSPS) is 18.2. The number of esters is 2. The van der Waals surface area contributed by atoms with Crippen molar-refractivity contribution in [1.82, 2.24) is 0 Å². The molecule has 218 valence electrons. The van der Waals surface area contributed by atoms with E-state index >= 15 is 0 Å². The van der Waals surface area contributed by atoms with E-state index in [9.17, 15) is 9.59 Å². The predicted molar refractivity (Wildman–Crippen MR) is 167 cm³/mol. The first kappa shape index (κ1) is 29.7. The maximum atomic E-state index is 13.4. The summed E-state index contributed by atoms with van der Waals surface area (Å²) < 4.78 is 23.7. The van der Waals surface area contributed by atoms with E-state index in [4.69, 9.17) is 18.9 Å². The average molecular weight is 575 g/mol. The van der Waals surface area contributed by atoms with E-state index in [0.717, 1.165) is 22.3 Å². The smallest absolute Gasteiger partial charge is 0.338 e. The summed E-state index contributed by atoms with van der Waals surface area (Å²) in [4.78, 5) is 26.8. The Labute approximate surface area is 252 Å². The molecular weight excluding hydrogens is 540 g/mol. The van der Waals surface area contributed by atoms with Crippen LogP contribution in [0.3, 0.4) is 0 Å². The van der Waals surface area contributed by atoms with Crippen molar-refractivity contribution in [3.8, 4) is 0 Å². The molecule has 2 atom stereocenters. The molecule has 0 aliphatic carbocycles. The summed E-state index contributed by atoms with van der Waals surface area (Å²) in [6, 6.07) is 37.9. The number of ether oxygens (including phenoxy) is 4. The molecule has 0 N–H and O–H groups in total. The Kier molecular flexibility index (Phi) is 9.62. The Hall–Kier alpha value is -4.78. The van der Waals surface area contributed by atoms with Crippen LogP contribution in [0, 0.1) is 0 Å². The van der Waals surface area contributed by atoms with Crippen LogP contribution in [0.25, 0.3) is 23.3 Å². The molecule has 1 aliphatic heterocycles. The number of carbonyl (C=O) groups excluding carboxylic acids is 2. The lowest BCUT2D eigenvalue weighted by molar-refractivity contribution is -0.160. The van der Waals surface area contributed by atoms with Crippen molar-refractivity contribution in [2.24, 2.45) is 0 Å². The topological polar surface area (TPSA) is 71.1 Å². The molecule has 1 heterocycles. The lowest BCUT2D eigenvalue weighted by Gasteiger charge is -2.18. The number of hydrogen-bond acceptors (Lipinski definition) is 6. The zero-order valence-corrected chi connectivity index (χ0v) is 24.2. The monoisotopic (exact) mass is 574 g/mol. The van der Waals surface area contributed by atoms with Crippen molar-refractivity contribution in [3.63, 3.8) is 0 Å². The van der Waals surface area contributed by atoms with E-state index in [2.05, 4.69) is 0 Å². The van der Waals surface area contributed by atoms with Crippen molar-refractivity contribution < 1.29 is 28.5 Å². The molecule has 1 aliphatic rings. The van der Waals surface area contributed by atoms with Gasteiger partial charge in [-0.2, -0.15) is 0 Å². The van der Waals surface area contributed by atoms with Crippen LogP contribution in [0.2, 0.25) is 0 Å². The highest BCUT2D eigenvalue weighted by molar-refractivity contribution is 6.22. The molecule has 4 aromatic rings. The third kappa shape index (κ3) is 8.16. The maximum absolute atomic E-state index is 13.4. The van der Waals surface area contributed by atoms with Gasteiger partial charge in [-0.3, -0.25) is 0 Å². The van der Waals surface area contributed by atoms with E-state index in [-0.39, 0.29) is 13.2 Å². The minimum atomic E-state index is -0.946. The Morgan fingerprint density at radius 2 is 0.907 bits per heavy atom. The highest BCUT2D eigenvalue weighted by Gasteiger charge is 2.43. The highest BCUT2D eigenvalue weighted by Crippen LogP contribution is 2.30. The molecule has 1 saturated heterocycles. The summed E-state index contributed by atoms with van der Waals surface area (Å²) in [6.45, 7) is 3.40. The zero-order valence-electron chi connectivity index (χ0n) is 24.2. The lowest BCUT2D eigenvalue weighted by atomic mass is 10.0. The first-order chi connectivity index (χ1) is 20.9. The van der Waals surface area contributed by atoms with Crippen LogP contribution in [-0.4, -0.2) is 43.1 Å². The molecule has 0 saturated carbocycles. The summed E-state index contributed by atoms with van der Waals surface area (Å²) in [6.07, 6.45) is 2.33. The molecule has 5 rings (SSSR count). The first-order valence-electron chi connectivity index (χ1n) is 14.2. The summed E-state index contributed by atoms with van der Waals surface area (Å²) >= 11 is 0. The van der Waals surface area contributed by atoms with Gasteiger partial charge < -0.3 is 18.9 Å². The second-order valence-corrected chi connectivity index (χ2v) is 10.6. The van der Waals surface area contributed by atoms with Gasteiger partial charge in [-0.25, -0.2) is 9.59 Å². The van der Waals surface area contributed by atoms with Crippen LogP contribution >= 0.6 is 0 Å². The second-order valence-electron chi connectivity index (χ2n) is 10.6. The number of benzene rings is 4. The standard InChI is InChI=1S/C37H34O6/c1-37(2)42-33(25-40-35(38)31(29-19-11-5-12-20-29)23-27-15-7-3-8-16-27)34(43-37)26-41-36(39)32(30-21-13-6-14-22-30)24-28-17-9-4-10-18-28/h3-24,33-34H,25-26H2,1-2H3/b31-23+,32-24+/t33-,34-/m0/s1. The molecule has 0 amide bonds. The molecule has 43 heavy (non-hydrogen) atoms. The summed E-state index contributed by atoms with van der Waals surface area (Å²) in [5.41, 5.74) is 4.08. The van der Waals surface area contributed by atoms with Gasteiger partial charge in [0.05, 0.1) is 11.1 Å². The fourth-order valence-electron chi connectivity index (χ4n) is 4.85. The minimum Gasteiger partial charge on any atom is -0.459 e. The maximum Gasteiger partial charge on any atom is 0.338 e. The Morgan fingerprint density at radius 1 is 0.581 bits per heavy atom. The van der Waals surface area contributed by atoms with Crippen molar-refractivity contribution >= 4 is 35.2 Å². The van der Waals surface area contributed by atoms with Gasteiger partial charge in [0.2, 0.25) is 0 Å². The van der Waals surface area contributed by atoms with Gasteiger partial charge in [-0.05, 0) is 48.3 Å². The third-order valence-electron chi connectivity index (χ3n) is 6.87. The SMILES string of the molecule is CC1(C)O[C@@H](COC(=O)/C(=C/c2ccccc2)c2ccccc2)[C@H](COC(=O)/C(=C/c2ccccc2)c2ccccc2)O1. The minimum absolute atomic E-state index is 0.0746. The molecule has 0 spiro atoms. The molecule has 0 aromatic heterocycles. The predicted octanol–water partition coefficient (Wildman–Crippen LogP) is 7.07. The number of rotatable bonds is 10. The molecule has 0 bridgehead atoms. The van der Waals surface area contributed by atoms with Crippen LogP contribution in [0.4, 0.5) is 0 Å². The largest absolute Gasteiger partial charge is 0.459 e.